The molecule has 2 rings (SSSR count). The minimum atomic E-state index is -0.642. The fraction of sp³-hybridized carbons (Fsp3) is 0.0714. The topological polar surface area (TPSA) is 125 Å². The van der Waals surface area contributed by atoms with Crippen molar-refractivity contribution in [2.75, 3.05) is 11.9 Å². The highest BCUT2D eigenvalue weighted by atomic mass is 35.5. The van der Waals surface area contributed by atoms with E-state index in [-0.39, 0.29) is 32.9 Å². The predicted octanol–water partition coefficient (Wildman–Crippen LogP) is 3.83. The molecular weight excluding hydrogens is 377 g/mol. The monoisotopic (exact) mass is 385 g/mol. The number of nitro groups is 2. The van der Waals surface area contributed by atoms with Gasteiger partial charge < -0.3 is 10.1 Å². The van der Waals surface area contributed by atoms with Crippen LogP contribution in [0.25, 0.3) is 0 Å². The van der Waals surface area contributed by atoms with Gasteiger partial charge in [-0.05, 0) is 12.1 Å². The Kier molecular flexibility index (Phi) is 5.73. The van der Waals surface area contributed by atoms with E-state index in [9.17, 15) is 25.0 Å². The number of rotatable bonds is 6. The van der Waals surface area contributed by atoms with Crippen LogP contribution in [0.4, 0.5) is 17.1 Å². The number of nitro benzene ring substituents is 2. The number of benzene rings is 2. The Morgan fingerprint density at radius 3 is 2.20 bits per heavy atom. The minimum Gasteiger partial charge on any atom is -0.482 e. The van der Waals surface area contributed by atoms with Gasteiger partial charge in [-0.1, -0.05) is 23.2 Å². The number of hydrogen-bond acceptors (Lipinski definition) is 6. The molecule has 0 bridgehead atoms. The second-order valence-electron chi connectivity index (χ2n) is 4.63. The van der Waals surface area contributed by atoms with Crippen LogP contribution in [0.5, 0.6) is 5.75 Å². The van der Waals surface area contributed by atoms with Gasteiger partial charge in [0, 0.05) is 24.3 Å². The van der Waals surface area contributed by atoms with E-state index < -0.39 is 22.4 Å². The van der Waals surface area contributed by atoms with Gasteiger partial charge in [0.15, 0.2) is 6.61 Å². The number of anilines is 1. The Hall–Kier alpha value is -2.91. The van der Waals surface area contributed by atoms with Crippen LogP contribution in [0.3, 0.4) is 0 Å². The molecule has 0 aromatic heterocycles. The van der Waals surface area contributed by atoms with E-state index in [0.717, 1.165) is 12.1 Å². The zero-order chi connectivity index (χ0) is 18.6. The van der Waals surface area contributed by atoms with Gasteiger partial charge in [0.1, 0.15) is 5.75 Å². The number of amides is 1. The highest BCUT2D eigenvalue weighted by molar-refractivity contribution is 6.34. The molecule has 2 aromatic rings. The van der Waals surface area contributed by atoms with Gasteiger partial charge in [-0.3, -0.25) is 25.0 Å². The van der Waals surface area contributed by atoms with Gasteiger partial charge in [0.2, 0.25) is 0 Å². The zero-order valence-electron chi connectivity index (χ0n) is 12.3. The highest BCUT2D eigenvalue weighted by Gasteiger charge is 2.14. The quantitative estimate of drug-likeness (QED) is 0.594. The van der Waals surface area contributed by atoms with E-state index in [4.69, 9.17) is 27.9 Å². The predicted molar refractivity (Wildman–Crippen MR) is 90.3 cm³/mol. The second-order valence-corrected chi connectivity index (χ2v) is 5.44. The highest BCUT2D eigenvalue weighted by Crippen LogP contribution is 2.29. The van der Waals surface area contributed by atoms with E-state index in [1.54, 1.807) is 0 Å². The van der Waals surface area contributed by atoms with Crippen molar-refractivity contribution >= 4 is 46.2 Å². The minimum absolute atomic E-state index is 0.0321. The van der Waals surface area contributed by atoms with E-state index in [1.165, 1.54) is 24.3 Å². The Balaban J connectivity index is 2.03. The molecule has 0 atom stereocenters. The molecule has 0 aliphatic carbocycles. The van der Waals surface area contributed by atoms with Gasteiger partial charge in [0.25, 0.3) is 17.3 Å². The van der Waals surface area contributed by atoms with Crippen molar-refractivity contribution in [2.45, 2.75) is 0 Å². The summed E-state index contributed by atoms with van der Waals surface area (Å²) in [7, 11) is 0. The number of carbonyl (C=O) groups is 1. The normalized spacial score (nSPS) is 10.2. The van der Waals surface area contributed by atoms with Crippen LogP contribution in [-0.4, -0.2) is 22.4 Å². The molecule has 130 valence electrons. The summed E-state index contributed by atoms with van der Waals surface area (Å²) in [6, 6.07) is 7.12. The van der Waals surface area contributed by atoms with Gasteiger partial charge in [-0.2, -0.15) is 0 Å². The van der Waals surface area contributed by atoms with Crippen molar-refractivity contribution in [1.29, 1.82) is 0 Å². The fourth-order valence-electron chi connectivity index (χ4n) is 1.77. The van der Waals surface area contributed by atoms with Crippen LogP contribution in [0, 0.1) is 20.2 Å². The van der Waals surface area contributed by atoms with Crippen molar-refractivity contribution in [3.63, 3.8) is 0 Å². The summed E-state index contributed by atoms with van der Waals surface area (Å²) in [6.07, 6.45) is 0. The third kappa shape index (κ3) is 4.78. The molecule has 0 saturated heterocycles. The number of ether oxygens (including phenoxy) is 1. The summed E-state index contributed by atoms with van der Waals surface area (Å²) in [6.45, 7) is -0.476. The van der Waals surface area contributed by atoms with Crippen molar-refractivity contribution in [3.05, 3.63) is 66.7 Å². The Morgan fingerprint density at radius 1 is 1.00 bits per heavy atom. The molecule has 0 aliphatic rings. The first-order chi connectivity index (χ1) is 11.8. The first-order valence-corrected chi connectivity index (χ1v) is 7.34. The lowest BCUT2D eigenvalue weighted by Gasteiger charge is -2.09. The maximum Gasteiger partial charge on any atom is 0.271 e. The summed E-state index contributed by atoms with van der Waals surface area (Å²) in [5, 5.41) is 23.8. The average molecular weight is 386 g/mol. The van der Waals surface area contributed by atoms with Crippen molar-refractivity contribution in [1.82, 2.24) is 0 Å². The SMILES string of the molecule is O=C(COc1ccc([N+](=O)[O-])cc1Cl)Nc1cc([N+](=O)[O-])ccc1Cl. The summed E-state index contributed by atoms with van der Waals surface area (Å²) in [5.41, 5.74) is -0.400. The number of non-ortho nitro benzene ring substituents is 2. The third-order valence-electron chi connectivity index (χ3n) is 2.92. The van der Waals surface area contributed by atoms with Crippen LogP contribution in [0.1, 0.15) is 0 Å². The van der Waals surface area contributed by atoms with Crippen LogP contribution >= 0.6 is 23.2 Å². The maximum atomic E-state index is 11.9. The summed E-state index contributed by atoms with van der Waals surface area (Å²) >= 11 is 11.7. The van der Waals surface area contributed by atoms with E-state index in [0.29, 0.717) is 0 Å². The third-order valence-corrected chi connectivity index (χ3v) is 3.54. The van der Waals surface area contributed by atoms with Gasteiger partial charge >= 0.3 is 0 Å². The Labute approximate surface area is 150 Å². The molecule has 25 heavy (non-hydrogen) atoms. The van der Waals surface area contributed by atoms with E-state index in [2.05, 4.69) is 5.32 Å². The number of nitrogens with one attached hydrogen (secondary N) is 1. The van der Waals surface area contributed by atoms with Crippen molar-refractivity contribution in [3.8, 4) is 5.75 Å². The molecule has 1 N–H and O–H groups in total. The van der Waals surface area contributed by atoms with Crippen molar-refractivity contribution in [2.24, 2.45) is 0 Å². The van der Waals surface area contributed by atoms with Crippen LogP contribution in [0.15, 0.2) is 36.4 Å². The molecule has 0 spiro atoms. The smallest absolute Gasteiger partial charge is 0.271 e. The molecule has 0 aliphatic heterocycles. The molecule has 2 aromatic carbocycles. The number of carbonyl (C=O) groups excluding carboxylic acids is 1. The van der Waals surface area contributed by atoms with Crippen LogP contribution in [0.2, 0.25) is 10.0 Å². The first-order valence-electron chi connectivity index (χ1n) is 6.58. The number of nitrogens with zero attached hydrogens (tertiary/aromatic N) is 2. The maximum absolute atomic E-state index is 11.9. The average Bonchev–Trinajstić information content (AvgIpc) is 2.55. The second kappa shape index (κ2) is 7.77. The summed E-state index contributed by atoms with van der Waals surface area (Å²) in [4.78, 5) is 32.0. The largest absolute Gasteiger partial charge is 0.482 e. The van der Waals surface area contributed by atoms with Crippen molar-refractivity contribution < 1.29 is 19.4 Å². The zero-order valence-corrected chi connectivity index (χ0v) is 13.8. The summed E-state index contributed by atoms with van der Waals surface area (Å²) in [5.74, 6) is -0.565. The lowest BCUT2D eigenvalue weighted by molar-refractivity contribution is -0.385. The Morgan fingerprint density at radius 2 is 1.60 bits per heavy atom. The molecule has 0 unspecified atom stereocenters. The van der Waals surface area contributed by atoms with E-state index in [1.807, 2.05) is 0 Å². The molecule has 1 amide bonds. The van der Waals surface area contributed by atoms with Crippen LogP contribution < -0.4 is 10.1 Å². The summed E-state index contributed by atoms with van der Waals surface area (Å²) < 4.78 is 5.18. The molecule has 0 radical (unpaired) electrons. The standard InChI is InChI=1S/C14H9Cl2N3O6/c15-10-3-1-9(19(23)24)6-12(10)17-14(20)7-25-13-4-2-8(18(21)22)5-11(13)16/h1-6H,7H2,(H,17,20). The lowest BCUT2D eigenvalue weighted by Crippen LogP contribution is -2.20. The molecule has 11 heteroatoms. The lowest BCUT2D eigenvalue weighted by atomic mass is 10.3. The van der Waals surface area contributed by atoms with Crippen LogP contribution in [-0.2, 0) is 4.79 Å². The van der Waals surface area contributed by atoms with E-state index >= 15 is 0 Å². The first kappa shape index (κ1) is 18.4. The van der Waals surface area contributed by atoms with Gasteiger partial charge in [-0.15, -0.1) is 0 Å². The van der Waals surface area contributed by atoms with Gasteiger partial charge in [0.05, 0.1) is 25.6 Å². The molecule has 0 heterocycles. The molecule has 0 fully saturated rings. The molecule has 9 nitrogen and oxygen atoms in total. The number of halogens is 2. The van der Waals surface area contributed by atoms with Gasteiger partial charge in [-0.25, -0.2) is 0 Å². The Bertz CT molecular complexity index is 858. The fourth-order valence-corrected chi connectivity index (χ4v) is 2.17. The molecular formula is C14H9Cl2N3O6. The molecule has 0 saturated carbocycles. The number of hydrogen-bond donors (Lipinski definition) is 1.